The van der Waals surface area contributed by atoms with E-state index in [-0.39, 0.29) is 5.69 Å². The van der Waals surface area contributed by atoms with Crippen molar-refractivity contribution in [1.82, 2.24) is 0 Å². The van der Waals surface area contributed by atoms with Crippen LogP contribution in [0.4, 0.5) is 32.0 Å². The molecule has 0 aromatic heterocycles. The first-order valence-corrected chi connectivity index (χ1v) is 6.89. The number of alkyl halides is 7. The van der Waals surface area contributed by atoms with Crippen LogP contribution in [0.25, 0.3) is 10.8 Å². The van der Waals surface area contributed by atoms with Crippen molar-refractivity contribution >= 4 is 38.3 Å². The average molecular weight is 400 g/mol. The lowest BCUT2D eigenvalue weighted by Gasteiger charge is -2.30. The number of nitrogens with one attached hydrogen (secondary N) is 1. The van der Waals surface area contributed by atoms with Gasteiger partial charge in [-0.3, -0.25) is 4.79 Å². The Morgan fingerprint density at radius 2 is 1.39 bits per heavy atom. The number of amides is 1. The lowest BCUT2D eigenvalue weighted by Crippen LogP contribution is -2.59. The summed E-state index contributed by atoms with van der Waals surface area (Å²) in [4.78, 5) is 11.8. The fourth-order valence-corrected chi connectivity index (χ4v) is 2.06. The van der Waals surface area contributed by atoms with Gasteiger partial charge in [-0.2, -0.15) is 26.3 Å². The predicted octanol–water partition coefficient (Wildman–Crippen LogP) is 5.04. The summed E-state index contributed by atoms with van der Waals surface area (Å²) in [5, 5.41) is 2.59. The minimum atomic E-state index is -5.86. The van der Waals surface area contributed by atoms with Crippen molar-refractivity contribution in [2.45, 2.75) is 16.7 Å². The van der Waals surface area contributed by atoms with Gasteiger partial charge >= 0.3 is 12.4 Å². The molecule has 0 atom stereocenters. The van der Waals surface area contributed by atoms with Crippen LogP contribution >= 0.6 is 15.9 Å². The van der Waals surface area contributed by atoms with Crippen LogP contribution in [0.15, 0.2) is 42.5 Å². The molecular formula is C14H8BrF6NO. The number of anilines is 1. The monoisotopic (exact) mass is 399 g/mol. The van der Waals surface area contributed by atoms with Crippen molar-refractivity contribution < 1.29 is 31.1 Å². The minimum absolute atomic E-state index is 0.148. The highest BCUT2D eigenvalue weighted by Crippen LogP contribution is 2.50. The van der Waals surface area contributed by atoms with Gasteiger partial charge in [0.05, 0.1) is 0 Å². The maximum Gasteiger partial charge on any atom is 0.421 e. The topological polar surface area (TPSA) is 29.1 Å². The molecule has 0 saturated heterocycles. The summed E-state index contributed by atoms with van der Waals surface area (Å²) in [5.74, 6) is -2.26. The summed E-state index contributed by atoms with van der Waals surface area (Å²) in [6.45, 7) is 0. The number of fused-ring (bicyclic) bond motifs is 1. The standard InChI is InChI=1S/C14H8BrF6NO/c15-12(13(16,17)18,14(19,20)21)11(23)22-10-7-3-5-8-4-1-2-6-9(8)10/h1-7H,(H,22,23). The van der Waals surface area contributed by atoms with Crippen LogP contribution in [0, 0.1) is 0 Å². The Bertz CT molecular complexity index is 721. The number of hydrogen-bond acceptors (Lipinski definition) is 1. The van der Waals surface area contributed by atoms with Gasteiger partial charge < -0.3 is 5.32 Å². The summed E-state index contributed by atoms with van der Waals surface area (Å²) in [6.07, 6.45) is -11.7. The number of benzene rings is 2. The van der Waals surface area contributed by atoms with Gasteiger partial charge in [-0.25, -0.2) is 0 Å². The second kappa shape index (κ2) is 5.70. The van der Waals surface area contributed by atoms with Gasteiger partial charge in [0.1, 0.15) is 0 Å². The molecule has 2 aromatic rings. The highest BCUT2D eigenvalue weighted by molar-refractivity contribution is 9.10. The molecule has 0 bridgehead atoms. The van der Waals surface area contributed by atoms with Gasteiger partial charge in [0.25, 0.3) is 10.2 Å². The van der Waals surface area contributed by atoms with Gasteiger partial charge in [-0.15, -0.1) is 0 Å². The summed E-state index contributed by atoms with van der Waals surface area (Å²) in [5.41, 5.74) is -0.148. The summed E-state index contributed by atoms with van der Waals surface area (Å²) < 4.78 is 72.3. The van der Waals surface area contributed by atoms with E-state index >= 15 is 0 Å². The zero-order chi connectivity index (χ0) is 17.5. The van der Waals surface area contributed by atoms with Crippen molar-refractivity contribution in [1.29, 1.82) is 0 Å². The molecular weight excluding hydrogens is 392 g/mol. The van der Waals surface area contributed by atoms with Crippen LogP contribution in [0.1, 0.15) is 0 Å². The van der Waals surface area contributed by atoms with Crippen LogP contribution in [-0.4, -0.2) is 22.6 Å². The van der Waals surface area contributed by atoms with Crippen molar-refractivity contribution in [3.05, 3.63) is 42.5 Å². The fraction of sp³-hybridized carbons (Fsp3) is 0.214. The lowest BCUT2D eigenvalue weighted by molar-refractivity contribution is -0.253. The highest BCUT2D eigenvalue weighted by Gasteiger charge is 2.74. The molecule has 0 spiro atoms. The third-order valence-corrected chi connectivity index (χ3v) is 4.39. The largest absolute Gasteiger partial charge is 0.421 e. The quantitative estimate of drug-likeness (QED) is 0.556. The molecule has 0 aliphatic heterocycles. The van der Waals surface area contributed by atoms with Crippen LogP contribution in [0.2, 0.25) is 0 Å². The fourth-order valence-electron chi connectivity index (χ4n) is 1.96. The van der Waals surface area contributed by atoms with E-state index in [9.17, 15) is 31.1 Å². The molecule has 2 aromatic carbocycles. The maximum absolute atomic E-state index is 12.8. The van der Waals surface area contributed by atoms with E-state index in [1.165, 1.54) is 18.2 Å². The lowest BCUT2D eigenvalue weighted by atomic mass is 10.1. The molecule has 0 fully saturated rings. The Morgan fingerprint density at radius 1 is 0.870 bits per heavy atom. The molecule has 23 heavy (non-hydrogen) atoms. The first-order chi connectivity index (χ1) is 10.5. The molecule has 1 N–H and O–H groups in total. The third kappa shape index (κ3) is 3.01. The van der Waals surface area contributed by atoms with Crippen molar-refractivity contribution in [2.24, 2.45) is 0 Å². The van der Waals surface area contributed by atoms with Crippen LogP contribution in [-0.2, 0) is 4.79 Å². The van der Waals surface area contributed by atoms with Crippen molar-refractivity contribution in [2.75, 3.05) is 5.32 Å². The van der Waals surface area contributed by atoms with E-state index < -0.39 is 22.6 Å². The Labute approximate surface area is 134 Å². The molecule has 2 nitrogen and oxygen atoms in total. The number of carbonyl (C=O) groups is 1. The Hall–Kier alpha value is -1.77. The van der Waals surface area contributed by atoms with E-state index in [1.807, 2.05) is 0 Å². The summed E-state index contributed by atoms with van der Waals surface area (Å²) in [6, 6.07) is 10.5. The van der Waals surface area contributed by atoms with Crippen LogP contribution in [0.3, 0.4) is 0 Å². The normalized spacial score (nSPS) is 13.2. The minimum Gasteiger partial charge on any atom is -0.324 e. The zero-order valence-corrected chi connectivity index (χ0v) is 12.7. The van der Waals surface area contributed by atoms with E-state index in [0.717, 1.165) is 0 Å². The van der Waals surface area contributed by atoms with Crippen molar-refractivity contribution in [3.8, 4) is 0 Å². The van der Waals surface area contributed by atoms with Crippen LogP contribution in [0.5, 0.6) is 0 Å². The molecule has 0 heterocycles. The molecule has 0 saturated carbocycles. The van der Waals surface area contributed by atoms with Gasteiger partial charge in [0, 0.05) is 11.1 Å². The smallest absolute Gasteiger partial charge is 0.324 e. The van der Waals surface area contributed by atoms with Crippen LogP contribution < -0.4 is 5.32 Å². The molecule has 0 radical (unpaired) electrons. The van der Waals surface area contributed by atoms with Gasteiger partial charge in [0.2, 0.25) is 0 Å². The predicted molar refractivity (Wildman–Crippen MR) is 76.3 cm³/mol. The molecule has 0 aliphatic rings. The van der Waals surface area contributed by atoms with E-state index in [0.29, 0.717) is 10.8 Å². The number of carbonyl (C=O) groups excluding carboxylic acids is 1. The molecule has 124 valence electrons. The SMILES string of the molecule is O=C(Nc1cccc2ccccc12)C(Br)(C(F)(F)F)C(F)(F)F. The number of hydrogen-bond donors (Lipinski definition) is 1. The third-order valence-electron chi connectivity index (χ3n) is 3.13. The molecule has 1 amide bonds. The Balaban J connectivity index is 2.47. The van der Waals surface area contributed by atoms with E-state index in [2.05, 4.69) is 0 Å². The van der Waals surface area contributed by atoms with E-state index in [4.69, 9.17) is 0 Å². The van der Waals surface area contributed by atoms with E-state index in [1.54, 1.807) is 45.5 Å². The molecule has 2 rings (SSSR count). The molecule has 0 aliphatic carbocycles. The second-order valence-electron chi connectivity index (χ2n) is 4.63. The maximum atomic E-state index is 12.8. The van der Waals surface area contributed by atoms with Gasteiger partial charge in [0.15, 0.2) is 0 Å². The summed E-state index contributed by atoms with van der Waals surface area (Å²) in [7, 11) is 0. The first-order valence-electron chi connectivity index (χ1n) is 6.10. The average Bonchev–Trinajstić information content (AvgIpc) is 2.44. The molecule has 0 unspecified atom stereocenters. The number of halogens is 7. The second-order valence-corrected chi connectivity index (χ2v) is 5.82. The molecule has 9 heteroatoms. The highest BCUT2D eigenvalue weighted by atomic mass is 79.9. The number of rotatable bonds is 2. The van der Waals surface area contributed by atoms with Gasteiger partial charge in [-0.05, 0) is 11.5 Å². The van der Waals surface area contributed by atoms with Crippen molar-refractivity contribution in [3.63, 3.8) is 0 Å². The van der Waals surface area contributed by atoms with Gasteiger partial charge in [-0.1, -0.05) is 52.3 Å². The Morgan fingerprint density at radius 3 is 1.96 bits per heavy atom. The Kier molecular flexibility index (Phi) is 4.36. The first kappa shape index (κ1) is 17.6. The zero-order valence-electron chi connectivity index (χ0n) is 11.1. The summed E-state index contributed by atoms with van der Waals surface area (Å²) >= 11 is 1.55.